The molecule has 0 atom stereocenters. The number of carboxylic acid groups (broad SMARTS) is 1. The Morgan fingerprint density at radius 3 is 2.48 bits per heavy atom. The minimum atomic E-state index is -4.48. The lowest BCUT2D eigenvalue weighted by molar-refractivity contribution is -0.137. The molecule has 2 aromatic carbocycles. The van der Waals surface area contributed by atoms with Crippen molar-refractivity contribution in [1.29, 1.82) is 0 Å². The Balaban J connectivity index is 1.78. The van der Waals surface area contributed by atoms with Crippen molar-refractivity contribution in [2.75, 3.05) is 0 Å². The van der Waals surface area contributed by atoms with Gasteiger partial charge in [0.05, 0.1) is 16.1 Å². The van der Waals surface area contributed by atoms with Gasteiger partial charge < -0.3 is 9.84 Å². The fourth-order valence-electron chi connectivity index (χ4n) is 2.53. The Bertz CT molecular complexity index is 814. The zero-order chi connectivity index (χ0) is 18.2. The van der Waals surface area contributed by atoms with Crippen LogP contribution in [0.3, 0.4) is 0 Å². The van der Waals surface area contributed by atoms with E-state index >= 15 is 0 Å². The lowest BCUT2D eigenvalue weighted by Gasteiger charge is -2.12. The predicted octanol–water partition coefficient (Wildman–Crippen LogP) is 5.51. The van der Waals surface area contributed by atoms with E-state index in [-0.39, 0.29) is 22.9 Å². The first kappa shape index (κ1) is 17.6. The van der Waals surface area contributed by atoms with Gasteiger partial charge in [-0.15, -0.1) is 0 Å². The molecule has 2 aromatic rings. The Hall–Kier alpha value is -2.21. The first-order valence-electron chi connectivity index (χ1n) is 7.61. The molecule has 25 heavy (non-hydrogen) atoms. The Labute approximate surface area is 147 Å². The summed E-state index contributed by atoms with van der Waals surface area (Å²) < 4.78 is 43.4. The van der Waals surface area contributed by atoms with Crippen LogP contribution in [0.25, 0.3) is 0 Å². The van der Waals surface area contributed by atoms with Gasteiger partial charge in [-0.2, -0.15) is 13.2 Å². The van der Waals surface area contributed by atoms with E-state index in [4.69, 9.17) is 16.3 Å². The standard InChI is InChI=1S/C18H14ClF3O3/c19-15-8-14(18(20,21)22)3-4-16(15)25-9-10-5-12(11-1-2-11)7-13(6-10)17(23)24/h3-8,11H,1-2,9H2,(H,23,24). The molecule has 0 heterocycles. The van der Waals surface area contributed by atoms with E-state index in [1.54, 1.807) is 6.07 Å². The van der Waals surface area contributed by atoms with Gasteiger partial charge in [-0.3, -0.25) is 0 Å². The number of carbonyl (C=O) groups is 1. The first-order chi connectivity index (χ1) is 11.7. The molecule has 0 amide bonds. The lowest BCUT2D eigenvalue weighted by atomic mass is 10.0. The van der Waals surface area contributed by atoms with E-state index in [0.29, 0.717) is 11.5 Å². The first-order valence-corrected chi connectivity index (χ1v) is 7.98. The highest BCUT2D eigenvalue weighted by Gasteiger charge is 2.31. The molecule has 1 aliphatic rings. The van der Waals surface area contributed by atoms with Crippen LogP contribution in [-0.2, 0) is 12.8 Å². The molecule has 0 bridgehead atoms. The summed E-state index contributed by atoms with van der Waals surface area (Å²) in [5.41, 5.74) is 0.894. The third-order valence-corrected chi connectivity index (χ3v) is 4.26. The molecule has 1 fully saturated rings. The van der Waals surface area contributed by atoms with Gasteiger partial charge in [0, 0.05) is 0 Å². The van der Waals surface area contributed by atoms with Crippen molar-refractivity contribution >= 4 is 17.6 Å². The molecular weight excluding hydrogens is 357 g/mol. The van der Waals surface area contributed by atoms with Gasteiger partial charge in [0.1, 0.15) is 12.4 Å². The second-order valence-corrected chi connectivity index (χ2v) is 6.38. The van der Waals surface area contributed by atoms with Gasteiger partial charge in [-0.05, 0) is 60.2 Å². The van der Waals surface area contributed by atoms with Crippen LogP contribution in [0.4, 0.5) is 13.2 Å². The average molecular weight is 371 g/mol. The fraction of sp³-hybridized carbons (Fsp3) is 0.278. The van der Waals surface area contributed by atoms with Crippen LogP contribution in [0, 0.1) is 0 Å². The topological polar surface area (TPSA) is 46.5 Å². The number of alkyl halides is 3. The molecule has 0 radical (unpaired) electrons. The number of rotatable bonds is 5. The lowest BCUT2D eigenvalue weighted by Crippen LogP contribution is -2.05. The summed E-state index contributed by atoms with van der Waals surface area (Å²) in [4.78, 5) is 11.2. The van der Waals surface area contributed by atoms with E-state index in [9.17, 15) is 23.1 Å². The van der Waals surface area contributed by atoms with E-state index < -0.39 is 17.7 Å². The van der Waals surface area contributed by atoms with Gasteiger partial charge in [0.15, 0.2) is 0 Å². The molecule has 1 aliphatic carbocycles. The Kier molecular flexibility index (Phi) is 4.64. The largest absolute Gasteiger partial charge is 0.487 e. The summed E-state index contributed by atoms with van der Waals surface area (Å²) in [5, 5.41) is 9.06. The minimum Gasteiger partial charge on any atom is -0.487 e. The molecule has 0 aromatic heterocycles. The molecule has 132 valence electrons. The van der Waals surface area contributed by atoms with E-state index in [1.807, 2.05) is 6.07 Å². The van der Waals surface area contributed by atoms with Gasteiger partial charge in [-0.1, -0.05) is 17.7 Å². The zero-order valence-electron chi connectivity index (χ0n) is 12.9. The maximum Gasteiger partial charge on any atom is 0.416 e. The fourth-order valence-corrected chi connectivity index (χ4v) is 2.77. The number of ether oxygens (including phenoxy) is 1. The molecular formula is C18H14ClF3O3. The molecule has 0 spiro atoms. The molecule has 1 N–H and O–H groups in total. The van der Waals surface area contributed by atoms with E-state index in [1.165, 1.54) is 6.07 Å². The molecule has 0 aliphatic heterocycles. The number of hydrogen-bond acceptors (Lipinski definition) is 2. The van der Waals surface area contributed by atoms with Crippen molar-refractivity contribution in [3.8, 4) is 5.75 Å². The quantitative estimate of drug-likeness (QED) is 0.754. The van der Waals surface area contributed by atoms with Crippen molar-refractivity contribution < 1.29 is 27.8 Å². The highest BCUT2D eigenvalue weighted by molar-refractivity contribution is 6.32. The van der Waals surface area contributed by atoms with Crippen LogP contribution in [0.1, 0.15) is 45.8 Å². The van der Waals surface area contributed by atoms with Crippen molar-refractivity contribution in [1.82, 2.24) is 0 Å². The third-order valence-electron chi connectivity index (χ3n) is 3.96. The monoisotopic (exact) mass is 370 g/mol. The minimum absolute atomic E-state index is 0.0198. The molecule has 7 heteroatoms. The highest BCUT2D eigenvalue weighted by atomic mass is 35.5. The SMILES string of the molecule is O=C(O)c1cc(COc2ccc(C(F)(F)F)cc2Cl)cc(C2CC2)c1. The average Bonchev–Trinajstić information content (AvgIpc) is 3.37. The number of hydrogen-bond donors (Lipinski definition) is 1. The summed E-state index contributed by atoms with van der Waals surface area (Å²) in [6.07, 6.45) is -2.43. The summed E-state index contributed by atoms with van der Waals surface area (Å²) in [7, 11) is 0. The summed E-state index contributed by atoms with van der Waals surface area (Å²) in [6, 6.07) is 7.86. The van der Waals surface area contributed by atoms with Gasteiger partial charge >= 0.3 is 12.1 Å². The number of benzene rings is 2. The van der Waals surface area contributed by atoms with Crippen LogP contribution in [0.15, 0.2) is 36.4 Å². The second kappa shape index (κ2) is 6.59. The van der Waals surface area contributed by atoms with Crippen LogP contribution in [-0.4, -0.2) is 11.1 Å². The van der Waals surface area contributed by atoms with Crippen molar-refractivity contribution in [2.45, 2.75) is 31.5 Å². The molecule has 0 saturated heterocycles. The van der Waals surface area contributed by atoms with E-state index in [0.717, 1.165) is 36.6 Å². The summed E-state index contributed by atoms with van der Waals surface area (Å²) in [5.74, 6) is -0.549. The van der Waals surface area contributed by atoms with Crippen LogP contribution >= 0.6 is 11.6 Å². The summed E-state index contributed by atoms with van der Waals surface area (Å²) in [6.45, 7) is 0.0198. The molecule has 3 nitrogen and oxygen atoms in total. The zero-order valence-corrected chi connectivity index (χ0v) is 13.7. The molecule has 0 unspecified atom stereocenters. The highest BCUT2D eigenvalue weighted by Crippen LogP contribution is 2.41. The summed E-state index contributed by atoms with van der Waals surface area (Å²) >= 11 is 5.86. The number of aromatic carboxylic acids is 1. The number of carboxylic acids is 1. The van der Waals surface area contributed by atoms with Crippen LogP contribution < -0.4 is 4.74 Å². The van der Waals surface area contributed by atoms with E-state index in [2.05, 4.69) is 0 Å². The van der Waals surface area contributed by atoms with Gasteiger partial charge in [0.2, 0.25) is 0 Å². The third kappa shape index (κ3) is 4.25. The number of halogens is 4. The Morgan fingerprint density at radius 2 is 1.92 bits per heavy atom. The normalized spacial score (nSPS) is 14.4. The maximum atomic E-state index is 12.6. The van der Waals surface area contributed by atoms with Crippen LogP contribution in [0.5, 0.6) is 5.75 Å². The Morgan fingerprint density at radius 1 is 1.20 bits per heavy atom. The molecule has 3 rings (SSSR count). The predicted molar refractivity (Wildman–Crippen MR) is 86.2 cm³/mol. The van der Waals surface area contributed by atoms with Crippen molar-refractivity contribution in [3.63, 3.8) is 0 Å². The molecule has 1 saturated carbocycles. The second-order valence-electron chi connectivity index (χ2n) is 5.97. The van der Waals surface area contributed by atoms with Gasteiger partial charge in [0.25, 0.3) is 0 Å². The van der Waals surface area contributed by atoms with Crippen molar-refractivity contribution in [3.05, 3.63) is 63.7 Å². The van der Waals surface area contributed by atoms with Gasteiger partial charge in [-0.25, -0.2) is 4.79 Å². The van der Waals surface area contributed by atoms with Crippen LogP contribution in [0.2, 0.25) is 5.02 Å². The van der Waals surface area contributed by atoms with Crippen molar-refractivity contribution in [2.24, 2.45) is 0 Å². The smallest absolute Gasteiger partial charge is 0.416 e. The maximum absolute atomic E-state index is 12.6.